The van der Waals surface area contributed by atoms with Gasteiger partial charge in [-0.05, 0) is 40.8 Å². The molecular formula is C8H6BrIN4. The van der Waals surface area contributed by atoms with Crippen molar-refractivity contribution in [3.8, 4) is 11.4 Å². The van der Waals surface area contributed by atoms with Gasteiger partial charge in [0.15, 0.2) is 5.82 Å². The lowest BCUT2D eigenvalue weighted by Gasteiger charge is -2.00. The van der Waals surface area contributed by atoms with Crippen LogP contribution in [0.25, 0.3) is 11.4 Å². The van der Waals surface area contributed by atoms with Crippen molar-refractivity contribution in [3.63, 3.8) is 0 Å². The largest absolute Gasteiger partial charge is 0.366 e. The number of nitrogen functional groups attached to an aromatic ring is 1. The van der Waals surface area contributed by atoms with E-state index in [4.69, 9.17) is 5.73 Å². The fourth-order valence-corrected chi connectivity index (χ4v) is 2.64. The Morgan fingerprint density at radius 2 is 2.21 bits per heavy atom. The molecule has 0 spiro atoms. The summed E-state index contributed by atoms with van der Waals surface area (Å²) in [7, 11) is 0. The summed E-state index contributed by atoms with van der Waals surface area (Å²) in [4.78, 5) is 4.06. The van der Waals surface area contributed by atoms with E-state index >= 15 is 0 Å². The normalized spacial score (nSPS) is 10.4. The lowest BCUT2D eigenvalue weighted by Crippen LogP contribution is -1.87. The molecular weight excluding hydrogens is 359 g/mol. The van der Waals surface area contributed by atoms with Crippen molar-refractivity contribution < 1.29 is 0 Å². The lowest BCUT2D eigenvalue weighted by molar-refractivity contribution is 1.10. The second-order valence-electron chi connectivity index (χ2n) is 2.67. The first-order chi connectivity index (χ1) is 6.66. The zero-order valence-electron chi connectivity index (χ0n) is 6.96. The highest BCUT2D eigenvalue weighted by molar-refractivity contribution is 14.1. The average Bonchev–Trinajstić information content (AvgIpc) is 2.51. The molecule has 1 heterocycles. The molecule has 0 unspecified atom stereocenters. The van der Waals surface area contributed by atoms with Crippen molar-refractivity contribution in [1.29, 1.82) is 0 Å². The van der Waals surface area contributed by atoms with E-state index in [1.54, 1.807) is 0 Å². The molecule has 6 heteroatoms. The van der Waals surface area contributed by atoms with Crippen LogP contribution in [0.1, 0.15) is 0 Å². The van der Waals surface area contributed by atoms with Gasteiger partial charge in [0.25, 0.3) is 0 Å². The highest BCUT2D eigenvalue weighted by Gasteiger charge is 2.07. The molecule has 0 saturated carbocycles. The highest BCUT2D eigenvalue weighted by atomic mass is 127. The number of nitrogens with zero attached hydrogens (tertiary/aromatic N) is 2. The van der Waals surface area contributed by atoms with E-state index in [2.05, 4.69) is 53.7 Å². The molecule has 4 nitrogen and oxygen atoms in total. The molecule has 1 aromatic carbocycles. The summed E-state index contributed by atoms with van der Waals surface area (Å²) in [5, 5.41) is 6.56. The van der Waals surface area contributed by atoms with E-state index in [-0.39, 0.29) is 5.95 Å². The smallest absolute Gasteiger partial charge is 0.239 e. The summed E-state index contributed by atoms with van der Waals surface area (Å²) in [6, 6.07) is 5.93. The summed E-state index contributed by atoms with van der Waals surface area (Å²) in [6.07, 6.45) is 0. The second-order valence-corrected chi connectivity index (χ2v) is 4.74. The molecule has 3 N–H and O–H groups in total. The molecule has 0 bridgehead atoms. The van der Waals surface area contributed by atoms with E-state index in [1.807, 2.05) is 18.2 Å². The summed E-state index contributed by atoms with van der Waals surface area (Å²) >= 11 is 5.64. The number of nitrogens with one attached hydrogen (secondary N) is 1. The van der Waals surface area contributed by atoms with Crippen LogP contribution in [0, 0.1) is 3.57 Å². The number of anilines is 1. The molecule has 2 aromatic rings. The molecule has 0 radical (unpaired) electrons. The maximum Gasteiger partial charge on any atom is 0.239 e. The molecule has 0 aliphatic rings. The minimum atomic E-state index is 0.263. The van der Waals surface area contributed by atoms with Crippen molar-refractivity contribution in [2.75, 3.05) is 5.73 Å². The predicted molar refractivity (Wildman–Crippen MR) is 66.6 cm³/mol. The zero-order chi connectivity index (χ0) is 10.1. The van der Waals surface area contributed by atoms with Crippen LogP contribution in [0.15, 0.2) is 22.7 Å². The number of nitrogens with two attached hydrogens (primary N) is 1. The standard InChI is InChI=1S/C8H6BrIN4/c9-4-1-2-5(6(10)3-4)7-12-8(11)14-13-7/h1-3H,(H3,11,12,13,14). The van der Waals surface area contributed by atoms with Crippen LogP contribution in [0.4, 0.5) is 5.95 Å². The fourth-order valence-electron chi connectivity index (χ4n) is 1.08. The van der Waals surface area contributed by atoms with Gasteiger partial charge in [0.2, 0.25) is 5.95 Å². The van der Waals surface area contributed by atoms with Gasteiger partial charge in [-0.2, -0.15) is 4.98 Å². The van der Waals surface area contributed by atoms with Gasteiger partial charge in [-0.15, -0.1) is 5.10 Å². The first kappa shape index (κ1) is 9.91. The van der Waals surface area contributed by atoms with Crippen molar-refractivity contribution >= 4 is 44.5 Å². The van der Waals surface area contributed by atoms with Crippen molar-refractivity contribution in [2.45, 2.75) is 0 Å². The maximum absolute atomic E-state index is 5.43. The van der Waals surface area contributed by atoms with Gasteiger partial charge < -0.3 is 5.73 Å². The van der Waals surface area contributed by atoms with Crippen LogP contribution in [0.5, 0.6) is 0 Å². The minimum Gasteiger partial charge on any atom is -0.366 e. The first-order valence-electron chi connectivity index (χ1n) is 3.80. The zero-order valence-corrected chi connectivity index (χ0v) is 10.7. The Balaban J connectivity index is 2.52. The van der Waals surface area contributed by atoms with Gasteiger partial charge in [-0.3, -0.25) is 5.10 Å². The molecule has 0 aliphatic heterocycles. The van der Waals surface area contributed by atoms with Crippen LogP contribution in [0.3, 0.4) is 0 Å². The van der Waals surface area contributed by atoms with E-state index in [0.29, 0.717) is 5.82 Å². The van der Waals surface area contributed by atoms with Crippen LogP contribution < -0.4 is 5.73 Å². The van der Waals surface area contributed by atoms with Crippen molar-refractivity contribution in [3.05, 3.63) is 26.2 Å². The topological polar surface area (TPSA) is 67.6 Å². The first-order valence-corrected chi connectivity index (χ1v) is 5.67. The molecule has 0 fully saturated rings. The third-order valence-corrected chi connectivity index (χ3v) is 3.07. The Kier molecular flexibility index (Phi) is 2.73. The van der Waals surface area contributed by atoms with Crippen molar-refractivity contribution in [1.82, 2.24) is 15.2 Å². The molecule has 0 atom stereocenters. The molecule has 0 saturated heterocycles. The number of halogens is 2. The molecule has 1 aromatic heterocycles. The van der Waals surface area contributed by atoms with Crippen molar-refractivity contribution in [2.24, 2.45) is 0 Å². The van der Waals surface area contributed by atoms with E-state index in [1.165, 1.54) is 0 Å². The monoisotopic (exact) mass is 364 g/mol. The third-order valence-electron chi connectivity index (χ3n) is 1.69. The molecule has 2 rings (SSSR count). The lowest BCUT2D eigenvalue weighted by atomic mass is 10.2. The SMILES string of the molecule is Nc1n[nH]c(-c2ccc(Br)cc2I)n1. The number of hydrogen-bond donors (Lipinski definition) is 2. The van der Waals surface area contributed by atoms with Gasteiger partial charge in [0.05, 0.1) is 0 Å². The number of aromatic nitrogens is 3. The maximum atomic E-state index is 5.43. The number of aromatic amines is 1. The Morgan fingerprint density at radius 3 is 2.79 bits per heavy atom. The second kappa shape index (κ2) is 3.85. The molecule has 72 valence electrons. The van der Waals surface area contributed by atoms with Crippen LogP contribution in [0.2, 0.25) is 0 Å². The number of rotatable bonds is 1. The Labute approximate surface area is 103 Å². The van der Waals surface area contributed by atoms with Gasteiger partial charge in [0.1, 0.15) is 0 Å². The van der Waals surface area contributed by atoms with E-state index in [9.17, 15) is 0 Å². The predicted octanol–water partition coefficient (Wildman–Crippen LogP) is 2.42. The quantitative estimate of drug-likeness (QED) is 0.763. The summed E-state index contributed by atoms with van der Waals surface area (Å²) in [6.45, 7) is 0. The van der Waals surface area contributed by atoms with Gasteiger partial charge >= 0.3 is 0 Å². The Hall–Kier alpha value is -0.630. The fraction of sp³-hybridized carbons (Fsp3) is 0. The summed E-state index contributed by atoms with van der Waals surface area (Å²) < 4.78 is 2.13. The molecule has 0 amide bonds. The number of hydrogen-bond acceptors (Lipinski definition) is 3. The molecule has 14 heavy (non-hydrogen) atoms. The average molecular weight is 365 g/mol. The summed E-state index contributed by atoms with van der Waals surface area (Å²) in [5.41, 5.74) is 6.43. The van der Waals surface area contributed by atoms with Gasteiger partial charge in [0, 0.05) is 13.6 Å². The van der Waals surface area contributed by atoms with Gasteiger partial charge in [-0.25, -0.2) is 0 Å². The Bertz CT molecular complexity index is 468. The van der Waals surface area contributed by atoms with E-state index in [0.717, 1.165) is 13.6 Å². The minimum absolute atomic E-state index is 0.263. The Morgan fingerprint density at radius 1 is 1.43 bits per heavy atom. The van der Waals surface area contributed by atoms with Crippen LogP contribution in [-0.4, -0.2) is 15.2 Å². The van der Waals surface area contributed by atoms with E-state index < -0.39 is 0 Å². The van der Waals surface area contributed by atoms with Crippen LogP contribution in [-0.2, 0) is 0 Å². The summed E-state index contributed by atoms with van der Waals surface area (Å²) in [5.74, 6) is 0.957. The number of benzene rings is 1. The van der Waals surface area contributed by atoms with Gasteiger partial charge in [-0.1, -0.05) is 15.9 Å². The third kappa shape index (κ3) is 1.90. The van der Waals surface area contributed by atoms with Crippen LogP contribution >= 0.6 is 38.5 Å². The number of H-pyrrole nitrogens is 1. The molecule has 0 aliphatic carbocycles. The highest BCUT2D eigenvalue weighted by Crippen LogP contribution is 2.25.